The second-order valence-corrected chi connectivity index (χ2v) is 7.17. The Morgan fingerprint density at radius 3 is 2.06 bits per heavy atom. The average Bonchev–Trinajstić information content (AvgIpc) is 3.36. The molecule has 0 radical (unpaired) electrons. The number of carbonyl (C=O) groups excluding carboxylic acids is 2. The Hall–Kier alpha value is -4.72. The van der Waals surface area contributed by atoms with Crippen LogP contribution in [0.3, 0.4) is 0 Å². The lowest BCUT2D eigenvalue weighted by molar-refractivity contribution is -0.123. The molecule has 0 aliphatic rings. The fourth-order valence-electron chi connectivity index (χ4n) is 2.94. The predicted molar refractivity (Wildman–Crippen MR) is 127 cm³/mol. The van der Waals surface area contributed by atoms with Crippen molar-refractivity contribution in [1.29, 1.82) is 0 Å². The summed E-state index contributed by atoms with van der Waals surface area (Å²) in [6, 6.07) is 29.4. The summed E-state index contributed by atoms with van der Waals surface area (Å²) in [6.07, 6.45) is 0. The first kappa shape index (κ1) is 22.5. The molecule has 8 heteroatoms. The lowest BCUT2D eigenvalue weighted by Gasteiger charge is -2.10. The van der Waals surface area contributed by atoms with E-state index in [9.17, 15) is 9.59 Å². The van der Waals surface area contributed by atoms with Gasteiger partial charge in [0.25, 0.3) is 5.91 Å². The van der Waals surface area contributed by atoms with E-state index >= 15 is 0 Å². The molecule has 172 valence electrons. The predicted octanol–water partition coefficient (Wildman–Crippen LogP) is 4.44. The number of nitrogens with one attached hydrogen (secondary N) is 3. The van der Waals surface area contributed by atoms with Gasteiger partial charge < -0.3 is 19.2 Å². The summed E-state index contributed by atoms with van der Waals surface area (Å²) in [6.45, 7) is -0.0861. The van der Waals surface area contributed by atoms with Crippen LogP contribution in [0.5, 0.6) is 11.5 Å². The summed E-state index contributed by atoms with van der Waals surface area (Å²) in [5, 5.41) is 3.26. The topological polar surface area (TPSA) is 102 Å². The number of hydrogen-bond donors (Lipinski definition) is 3. The van der Waals surface area contributed by atoms with E-state index in [0.29, 0.717) is 17.3 Å². The van der Waals surface area contributed by atoms with Crippen molar-refractivity contribution in [2.75, 3.05) is 11.9 Å². The Kier molecular flexibility index (Phi) is 7.43. The molecule has 34 heavy (non-hydrogen) atoms. The molecule has 0 aliphatic heterocycles. The molecule has 0 atom stereocenters. The van der Waals surface area contributed by atoms with E-state index < -0.39 is 11.8 Å². The van der Waals surface area contributed by atoms with Gasteiger partial charge in [-0.05, 0) is 60.7 Å². The van der Waals surface area contributed by atoms with Gasteiger partial charge in [0.1, 0.15) is 23.9 Å². The minimum Gasteiger partial charge on any atom is -0.486 e. The molecule has 0 saturated carbocycles. The fourth-order valence-corrected chi connectivity index (χ4v) is 2.94. The van der Waals surface area contributed by atoms with Crippen LogP contribution in [0.2, 0.25) is 0 Å². The van der Waals surface area contributed by atoms with Crippen molar-refractivity contribution in [3.05, 3.63) is 109 Å². The van der Waals surface area contributed by atoms with Gasteiger partial charge in [0.2, 0.25) is 0 Å². The fraction of sp³-hybridized carbons (Fsp3) is 0.0769. The molecule has 0 aliphatic carbocycles. The smallest absolute Gasteiger partial charge is 0.305 e. The van der Waals surface area contributed by atoms with Crippen LogP contribution in [0.4, 0.5) is 11.4 Å². The lowest BCUT2D eigenvalue weighted by Crippen LogP contribution is -2.43. The quantitative estimate of drug-likeness (QED) is 0.321. The van der Waals surface area contributed by atoms with Crippen molar-refractivity contribution in [2.24, 2.45) is 0 Å². The molecule has 4 rings (SSSR count). The maximum absolute atomic E-state index is 12.2. The molecular weight excluding hydrogens is 434 g/mol. The highest BCUT2D eigenvalue weighted by Crippen LogP contribution is 2.20. The number of carbonyl (C=O) groups is 2. The molecule has 0 unspecified atom stereocenters. The number of hydrazine groups is 1. The van der Waals surface area contributed by atoms with Crippen molar-refractivity contribution in [1.82, 2.24) is 10.9 Å². The maximum Gasteiger partial charge on any atom is 0.305 e. The lowest BCUT2D eigenvalue weighted by atomic mass is 10.2. The summed E-state index contributed by atoms with van der Waals surface area (Å²) in [5.41, 5.74) is 6.45. The maximum atomic E-state index is 12.2. The van der Waals surface area contributed by atoms with E-state index in [-0.39, 0.29) is 19.0 Å². The Labute approximate surface area is 196 Å². The molecular formula is C26H23N3O5. The van der Waals surface area contributed by atoms with Crippen molar-refractivity contribution in [3.63, 3.8) is 0 Å². The van der Waals surface area contributed by atoms with Gasteiger partial charge >= 0.3 is 5.91 Å². The Morgan fingerprint density at radius 2 is 1.32 bits per heavy atom. The summed E-state index contributed by atoms with van der Waals surface area (Å²) in [5.74, 6) is 0.645. The van der Waals surface area contributed by atoms with Gasteiger partial charge in [0.05, 0.1) is 0 Å². The Balaban J connectivity index is 1.17. The summed E-state index contributed by atoms with van der Waals surface area (Å²) >= 11 is 0. The van der Waals surface area contributed by atoms with E-state index in [0.717, 1.165) is 11.4 Å². The zero-order valence-electron chi connectivity index (χ0n) is 18.2. The van der Waals surface area contributed by atoms with Gasteiger partial charge in [0.15, 0.2) is 12.4 Å². The van der Waals surface area contributed by atoms with E-state index in [1.807, 2.05) is 72.8 Å². The van der Waals surface area contributed by atoms with Crippen LogP contribution >= 0.6 is 0 Å². The monoisotopic (exact) mass is 457 g/mol. The third-order valence-corrected chi connectivity index (χ3v) is 4.61. The molecule has 4 aromatic rings. The first-order valence-corrected chi connectivity index (χ1v) is 10.6. The second kappa shape index (κ2) is 11.2. The minimum absolute atomic E-state index is 0.0504. The van der Waals surface area contributed by atoms with Gasteiger partial charge in [-0.2, -0.15) is 0 Å². The average molecular weight is 457 g/mol. The number of amides is 2. The number of benzene rings is 3. The summed E-state index contributed by atoms with van der Waals surface area (Å²) in [4.78, 5) is 24.2. The van der Waals surface area contributed by atoms with E-state index in [4.69, 9.17) is 13.9 Å². The second-order valence-electron chi connectivity index (χ2n) is 7.17. The number of furan rings is 1. The largest absolute Gasteiger partial charge is 0.486 e. The van der Waals surface area contributed by atoms with Crippen LogP contribution in [0.15, 0.2) is 101 Å². The normalized spacial score (nSPS) is 10.2. The first-order valence-electron chi connectivity index (χ1n) is 10.6. The molecule has 8 nitrogen and oxygen atoms in total. The molecule has 0 spiro atoms. The number of anilines is 2. The molecule has 3 aromatic carbocycles. The van der Waals surface area contributed by atoms with Crippen LogP contribution < -0.4 is 25.6 Å². The third kappa shape index (κ3) is 6.64. The SMILES string of the molecule is O=C(COc1ccc(Nc2ccccc2)cc1)NNC(=O)c1ccc(COc2ccccc2)o1. The first-order chi connectivity index (χ1) is 16.7. The van der Waals surface area contributed by atoms with Crippen molar-refractivity contribution in [3.8, 4) is 11.5 Å². The van der Waals surface area contributed by atoms with E-state index in [1.165, 1.54) is 6.07 Å². The summed E-state index contributed by atoms with van der Waals surface area (Å²) in [7, 11) is 0. The molecule has 1 aromatic heterocycles. The van der Waals surface area contributed by atoms with Crippen molar-refractivity contribution < 1.29 is 23.5 Å². The van der Waals surface area contributed by atoms with Gasteiger partial charge in [-0.25, -0.2) is 0 Å². The molecule has 2 amide bonds. The van der Waals surface area contributed by atoms with Crippen molar-refractivity contribution in [2.45, 2.75) is 6.61 Å². The van der Waals surface area contributed by atoms with E-state index in [1.54, 1.807) is 18.2 Å². The highest BCUT2D eigenvalue weighted by molar-refractivity contribution is 5.93. The number of para-hydroxylation sites is 2. The molecule has 1 heterocycles. The number of rotatable bonds is 9. The number of hydrogen-bond acceptors (Lipinski definition) is 6. The zero-order chi connectivity index (χ0) is 23.6. The van der Waals surface area contributed by atoms with Crippen LogP contribution in [0.1, 0.15) is 16.3 Å². The standard InChI is InChI=1S/C26H23N3O5/c30-25(18-33-22-13-11-20(12-14-22)27-19-7-3-1-4-8-19)28-29-26(31)24-16-15-23(34-24)17-32-21-9-5-2-6-10-21/h1-16,27H,17-18H2,(H,28,30)(H,29,31). The van der Waals surface area contributed by atoms with Crippen molar-refractivity contribution >= 4 is 23.2 Å². The van der Waals surface area contributed by atoms with Gasteiger partial charge in [-0.3, -0.25) is 20.4 Å². The Morgan fingerprint density at radius 1 is 0.676 bits per heavy atom. The molecule has 0 saturated heterocycles. The van der Waals surface area contributed by atoms with Gasteiger partial charge in [-0.1, -0.05) is 36.4 Å². The molecule has 0 bridgehead atoms. The molecule has 3 N–H and O–H groups in total. The van der Waals surface area contributed by atoms with Crippen LogP contribution in [0.25, 0.3) is 0 Å². The molecule has 0 fully saturated rings. The zero-order valence-corrected chi connectivity index (χ0v) is 18.2. The summed E-state index contributed by atoms with van der Waals surface area (Å²) < 4.78 is 16.5. The number of ether oxygens (including phenoxy) is 2. The minimum atomic E-state index is -0.587. The van der Waals surface area contributed by atoms with Crippen LogP contribution in [0, 0.1) is 0 Å². The Bertz CT molecular complexity index is 1210. The highest BCUT2D eigenvalue weighted by atomic mass is 16.5. The van der Waals surface area contributed by atoms with Gasteiger partial charge in [-0.15, -0.1) is 0 Å². The third-order valence-electron chi connectivity index (χ3n) is 4.61. The highest BCUT2D eigenvalue weighted by Gasteiger charge is 2.13. The van der Waals surface area contributed by atoms with E-state index in [2.05, 4.69) is 16.2 Å². The van der Waals surface area contributed by atoms with Crippen LogP contribution in [-0.2, 0) is 11.4 Å². The van der Waals surface area contributed by atoms with Crippen LogP contribution in [-0.4, -0.2) is 18.4 Å². The van der Waals surface area contributed by atoms with Gasteiger partial charge in [0, 0.05) is 11.4 Å².